The number of aromatic nitrogens is 3. The van der Waals surface area contributed by atoms with Gasteiger partial charge < -0.3 is 10.0 Å². The SMILES string of the molecule is CC.Cc1cc2nc(C)nc3c2c(n1)CCC1C(O)CCCN31. The van der Waals surface area contributed by atoms with Crippen molar-refractivity contribution in [3.05, 3.63) is 23.3 Å². The van der Waals surface area contributed by atoms with Gasteiger partial charge in [-0.25, -0.2) is 9.97 Å². The largest absolute Gasteiger partial charge is 0.391 e. The Bertz CT molecular complexity index is 710. The topological polar surface area (TPSA) is 62.1 Å². The number of hydrogen-bond acceptors (Lipinski definition) is 5. The zero-order valence-corrected chi connectivity index (χ0v) is 14.5. The molecule has 124 valence electrons. The van der Waals surface area contributed by atoms with E-state index in [4.69, 9.17) is 9.97 Å². The van der Waals surface area contributed by atoms with Crippen molar-refractivity contribution in [1.82, 2.24) is 15.0 Å². The molecule has 1 fully saturated rings. The molecule has 23 heavy (non-hydrogen) atoms. The number of aliphatic hydroxyl groups excluding tert-OH is 1. The quantitative estimate of drug-likeness (QED) is 0.810. The van der Waals surface area contributed by atoms with E-state index in [9.17, 15) is 5.11 Å². The van der Waals surface area contributed by atoms with Gasteiger partial charge in [-0.1, -0.05) is 13.8 Å². The van der Waals surface area contributed by atoms with Crippen molar-refractivity contribution in [2.24, 2.45) is 0 Å². The second kappa shape index (κ2) is 6.40. The van der Waals surface area contributed by atoms with E-state index in [-0.39, 0.29) is 12.1 Å². The number of fused-ring (bicyclic) bond motifs is 2. The molecule has 0 aromatic carbocycles. The first-order valence-electron chi connectivity index (χ1n) is 8.73. The van der Waals surface area contributed by atoms with Crippen LogP contribution in [0.4, 0.5) is 5.82 Å². The molecule has 5 heteroatoms. The standard InChI is InChI=1S/C16H20N4O.C2H6/c1-9-8-12-15-11(17-9)5-6-13-14(21)4-3-7-20(13)16(15)19-10(2)18-12;1-2/h8,13-14,21H,3-7H2,1-2H3;1-2H3. The van der Waals surface area contributed by atoms with Crippen LogP contribution in [-0.2, 0) is 6.42 Å². The summed E-state index contributed by atoms with van der Waals surface area (Å²) in [4.78, 5) is 16.3. The Hall–Kier alpha value is -1.75. The second-order valence-electron chi connectivity index (χ2n) is 6.21. The smallest absolute Gasteiger partial charge is 0.142 e. The Balaban J connectivity index is 0.000000753. The molecule has 1 N–H and O–H groups in total. The third kappa shape index (κ3) is 2.78. The molecule has 0 spiro atoms. The summed E-state index contributed by atoms with van der Waals surface area (Å²) < 4.78 is 0. The molecule has 2 aliphatic rings. The molecular formula is C18H26N4O. The molecule has 0 bridgehead atoms. The Morgan fingerprint density at radius 1 is 1.13 bits per heavy atom. The van der Waals surface area contributed by atoms with Crippen molar-refractivity contribution in [2.45, 2.75) is 65.5 Å². The monoisotopic (exact) mass is 314 g/mol. The lowest BCUT2D eigenvalue weighted by Gasteiger charge is -2.39. The van der Waals surface area contributed by atoms with Crippen LogP contribution in [0.1, 0.15) is 50.3 Å². The van der Waals surface area contributed by atoms with E-state index in [1.165, 1.54) is 0 Å². The number of nitrogens with zero attached hydrogens (tertiary/aromatic N) is 4. The Labute approximate surface area is 137 Å². The predicted molar refractivity (Wildman–Crippen MR) is 92.9 cm³/mol. The molecule has 0 saturated carbocycles. The van der Waals surface area contributed by atoms with E-state index in [0.29, 0.717) is 0 Å². The normalized spacial score (nSPS) is 22.9. The van der Waals surface area contributed by atoms with Crippen LogP contribution in [0, 0.1) is 13.8 Å². The average molecular weight is 314 g/mol. The zero-order chi connectivity index (χ0) is 16.6. The highest BCUT2D eigenvalue weighted by molar-refractivity contribution is 5.92. The number of piperidine rings is 1. The average Bonchev–Trinajstić information content (AvgIpc) is 2.68. The lowest BCUT2D eigenvalue weighted by Crippen LogP contribution is -2.48. The van der Waals surface area contributed by atoms with Crippen molar-refractivity contribution in [2.75, 3.05) is 11.4 Å². The predicted octanol–water partition coefficient (Wildman–Crippen LogP) is 2.94. The van der Waals surface area contributed by atoms with Crippen LogP contribution in [-0.4, -0.2) is 38.7 Å². The summed E-state index contributed by atoms with van der Waals surface area (Å²) >= 11 is 0. The van der Waals surface area contributed by atoms with Crippen LogP contribution in [0.5, 0.6) is 0 Å². The van der Waals surface area contributed by atoms with Crippen molar-refractivity contribution in [3.63, 3.8) is 0 Å². The third-order valence-corrected chi connectivity index (χ3v) is 4.67. The van der Waals surface area contributed by atoms with E-state index in [0.717, 1.165) is 66.2 Å². The van der Waals surface area contributed by atoms with E-state index in [1.54, 1.807) is 0 Å². The summed E-state index contributed by atoms with van der Waals surface area (Å²) in [6, 6.07) is 2.20. The van der Waals surface area contributed by atoms with Gasteiger partial charge in [0.25, 0.3) is 0 Å². The van der Waals surface area contributed by atoms with Crippen molar-refractivity contribution < 1.29 is 5.11 Å². The molecule has 4 rings (SSSR count). The fourth-order valence-electron chi connectivity index (χ4n) is 3.78. The first-order valence-corrected chi connectivity index (χ1v) is 8.73. The van der Waals surface area contributed by atoms with Gasteiger partial charge in [-0.2, -0.15) is 0 Å². The molecule has 2 unspecified atom stereocenters. The Morgan fingerprint density at radius 2 is 1.91 bits per heavy atom. The molecule has 0 radical (unpaired) electrons. The molecular weight excluding hydrogens is 288 g/mol. The number of aliphatic hydroxyl groups is 1. The molecule has 0 amide bonds. The second-order valence-corrected chi connectivity index (χ2v) is 6.21. The van der Waals surface area contributed by atoms with Crippen molar-refractivity contribution >= 4 is 16.7 Å². The number of anilines is 1. The molecule has 2 aromatic rings. The van der Waals surface area contributed by atoms with Crippen LogP contribution >= 0.6 is 0 Å². The summed E-state index contributed by atoms with van der Waals surface area (Å²) in [5, 5.41) is 11.5. The lowest BCUT2D eigenvalue weighted by atomic mass is 9.95. The molecule has 2 aliphatic heterocycles. The first-order chi connectivity index (χ1) is 11.1. The zero-order valence-electron chi connectivity index (χ0n) is 14.5. The maximum absolute atomic E-state index is 10.4. The highest BCUT2D eigenvalue weighted by atomic mass is 16.3. The molecule has 1 saturated heterocycles. The third-order valence-electron chi connectivity index (χ3n) is 4.67. The fraction of sp³-hybridized carbons (Fsp3) is 0.611. The lowest BCUT2D eigenvalue weighted by molar-refractivity contribution is 0.109. The van der Waals surface area contributed by atoms with Gasteiger partial charge >= 0.3 is 0 Å². The van der Waals surface area contributed by atoms with Crippen LogP contribution in [0.15, 0.2) is 6.07 Å². The van der Waals surface area contributed by atoms with Gasteiger partial charge in [-0.15, -0.1) is 0 Å². The number of rotatable bonds is 0. The van der Waals surface area contributed by atoms with Gasteiger partial charge in [0, 0.05) is 12.2 Å². The Morgan fingerprint density at radius 3 is 2.70 bits per heavy atom. The van der Waals surface area contributed by atoms with Gasteiger partial charge in [0.15, 0.2) is 0 Å². The molecule has 2 aromatic heterocycles. The highest BCUT2D eigenvalue weighted by Crippen LogP contribution is 2.36. The summed E-state index contributed by atoms with van der Waals surface area (Å²) in [6.07, 6.45) is 3.45. The molecule has 2 atom stereocenters. The highest BCUT2D eigenvalue weighted by Gasteiger charge is 2.34. The Kier molecular flexibility index (Phi) is 4.48. The summed E-state index contributed by atoms with van der Waals surface area (Å²) in [5.74, 6) is 1.76. The van der Waals surface area contributed by atoms with Crippen LogP contribution in [0.2, 0.25) is 0 Å². The van der Waals surface area contributed by atoms with Crippen LogP contribution < -0.4 is 4.90 Å². The maximum Gasteiger partial charge on any atom is 0.142 e. The van der Waals surface area contributed by atoms with Gasteiger partial charge in [-0.3, -0.25) is 4.98 Å². The molecule has 5 nitrogen and oxygen atoms in total. The van der Waals surface area contributed by atoms with E-state index in [2.05, 4.69) is 9.88 Å². The van der Waals surface area contributed by atoms with Crippen LogP contribution in [0.25, 0.3) is 10.9 Å². The number of aryl methyl sites for hydroxylation is 3. The minimum Gasteiger partial charge on any atom is -0.391 e. The van der Waals surface area contributed by atoms with E-state index in [1.807, 2.05) is 33.8 Å². The van der Waals surface area contributed by atoms with Crippen molar-refractivity contribution in [1.29, 1.82) is 0 Å². The van der Waals surface area contributed by atoms with Crippen LogP contribution in [0.3, 0.4) is 0 Å². The summed E-state index contributed by atoms with van der Waals surface area (Å²) in [5.41, 5.74) is 3.07. The number of pyridine rings is 1. The van der Waals surface area contributed by atoms with Crippen molar-refractivity contribution in [3.8, 4) is 0 Å². The van der Waals surface area contributed by atoms with Gasteiger partial charge in [0.2, 0.25) is 0 Å². The van der Waals surface area contributed by atoms with E-state index < -0.39 is 0 Å². The molecule has 4 heterocycles. The fourth-order valence-corrected chi connectivity index (χ4v) is 3.78. The first kappa shape index (κ1) is 16.1. The van der Waals surface area contributed by atoms with E-state index >= 15 is 0 Å². The van der Waals surface area contributed by atoms with Gasteiger partial charge in [-0.05, 0) is 45.6 Å². The van der Waals surface area contributed by atoms with Gasteiger partial charge in [0.05, 0.1) is 28.7 Å². The minimum absolute atomic E-state index is 0.158. The number of hydrogen-bond donors (Lipinski definition) is 1. The molecule has 0 aliphatic carbocycles. The summed E-state index contributed by atoms with van der Waals surface area (Å²) in [6.45, 7) is 8.91. The van der Waals surface area contributed by atoms with Gasteiger partial charge in [0.1, 0.15) is 11.6 Å². The summed E-state index contributed by atoms with van der Waals surface area (Å²) in [7, 11) is 0. The maximum atomic E-state index is 10.4. The minimum atomic E-state index is -0.264.